The van der Waals surface area contributed by atoms with Gasteiger partial charge in [-0.2, -0.15) is 0 Å². The average Bonchev–Trinajstić information content (AvgIpc) is 2.58. The van der Waals surface area contributed by atoms with Gasteiger partial charge in [-0.1, -0.05) is 36.4 Å². The zero-order chi connectivity index (χ0) is 18.4. The van der Waals surface area contributed by atoms with Crippen LogP contribution < -0.4 is 14.8 Å². The van der Waals surface area contributed by atoms with E-state index < -0.39 is 22.5 Å². The summed E-state index contributed by atoms with van der Waals surface area (Å²) in [6, 6.07) is 12.8. The summed E-state index contributed by atoms with van der Waals surface area (Å²) in [6.45, 7) is 5.24. The minimum absolute atomic E-state index is 0.0803. The Bertz CT molecular complexity index is 861. The van der Waals surface area contributed by atoms with E-state index >= 15 is 0 Å². The van der Waals surface area contributed by atoms with Gasteiger partial charge in [0.1, 0.15) is 18.9 Å². The number of amides is 1. The van der Waals surface area contributed by atoms with Crippen molar-refractivity contribution in [3.8, 4) is 5.75 Å². The van der Waals surface area contributed by atoms with Gasteiger partial charge in [0.15, 0.2) is 0 Å². The van der Waals surface area contributed by atoms with E-state index in [9.17, 15) is 13.2 Å². The molecule has 2 aromatic rings. The number of aryl methyl sites for hydroxylation is 1. The van der Waals surface area contributed by atoms with Crippen LogP contribution in [0.2, 0.25) is 0 Å². The molecule has 0 spiro atoms. The highest BCUT2D eigenvalue weighted by Crippen LogP contribution is 2.27. The number of primary amides is 1. The molecule has 2 rings (SSSR count). The fourth-order valence-electron chi connectivity index (χ4n) is 2.18. The molecule has 132 valence electrons. The molecule has 2 N–H and O–H groups in total. The number of anilines is 1. The molecule has 0 heterocycles. The van der Waals surface area contributed by atoms with E-state index in [2.05, 4.69) is 6.58 Å². The monoisotopic (exact) mass is 360 g/mol. The Hall–Kier alpha value is -2.80. The highest BCUT2D eigenvalue weighted by molar-refractivity contribution is 7.92. The van der Waals surface area contributed by atoms with Crippen molar-refractivity contribution < 1.29 is 17.9 Å². The van der Waals surface area contributed by atoms with Crippen molar-refractivity contribution >= 4 is 21.6 Å². The van der Waals surface area contributed by atoms with Gasteiger partial charge >= 0.3 is 0 Å². The first-order valence-corrected chi connectivity index (χ1v) is 9.00. The third-order valence-corrected chi connectivity index (χ3v) is 5.17. The van der Waals surface area contributed by atoms with Crippen LogP contribution in [0.4, 0.5) is 5.69 Å². The van der Waals surface area contributed by atoms with E-state index in [1.165, 1.54) is 18.2 Å². The Morgan fingerprint density at radius 1 is 1.24 bits per heavy atom. The van der Waals surface area contributed by atoms with Crippen LogP contribution in [0.15, 0.2) is 66.1 Å². The number of hydrogen-bond acceptors (Lipinski definition) is 4. The van der Waals surface area contributed by atoms with E-state index in [0.717, 1.165) is 9.87 Å². The maximum atomic E-state index is 13.0. The van der Waals surface area contributed by atoms with Crippen molar-refractivity contribution in [3.63, 3.8) is 0 Å². The number of nitrogens with zero attached hydrogens (tertiary/aromatic N) is 1. The Balaban J connectivity index is 2.47. The summed E-state index contributed by atoms with van der Waals surface area (Å²) < 4.78 is 32.3. The lowest BCUT2D eigenvalue weighted by atomic mass is 10.2. The second-order valence-electron chi connectivity index (χ2n) is 5.39. The van der Waals surface area contributed by atoms with Crippen molar-refractivity contribution in [2.24, 2.45) is 5.73 Å². The van der Waals surface area contributed by atoms with E-state index in [1.807, 2.05) is 6.92 Å². The van der Waals surface area contributed by atoms with Gasteiger partial charge in [-0.15, -0.1) is 0 Å². The molecule has 0 unspecified atom stereocenters. The van der Waals surface area contributed by atoms with E-state index in [0.29, 0.717) is 11.4 Å². The van der Waals surface area contributed by atoms with Gasteiger partial charge in [0, 0.05) is 6.07 Å². The average molecular weight is 360 g/mol. The molecule has 0 aromatic heterocycles. The predicted octanol–water partition coefficient (Wildman–Crippen LogP) is 2.24. The Morgan fingerprint density at radius 2 is 1.92 bits per heavy atom. The lowest BCUT2D eigenvalue weighted by Gasteiger charge is -2.23. The molecule has 0 fully saturated rings. The molecule has 7 heteroatoms. The summed E-state index contributed by atoms with van der Waals surface area (Å²) in [7, 11) is -3.95. The number of carbonyl (C=O) groups is 1. The molecule has 6 nitrogen and oxygen atoms in total. The number of benzene rings is 2. The summed E-state index contributed by atoms with van der Waals surface area (Å²) in [5.74, 6) is -0.293. The maximum Gasteiger partial charge on any atom is 0.264 e. The van der Waals surface area contributed by atoms with E-state index in [1.54, 1.807) is 36.4 Å². The van der Waals surface area contributed by atoms with Crippen molar-refractivity contribution in [1.82, 2.24) is 0 Å². The van der Waals surface area contributed by atoms with Gasteiger partial charge < -0.3 is 10.5 Å². The predicted molar refractivity (Wildman–Crippen MR) is 97.0 cm³/mol. The summed E-state index contributed by atoms with van der Waals surface area (Å²) >= 11 is 0. The summed E-state index contributed by atoms with van der Waals surface area (Å²) in [5, 5.41) is 0. The summed E-state index contributed by atoms with van der Waals surface area (Å²) in [5.41, 5.74) is 6.48. The van der Waals surface area contributed by atoms with Crippen LogP contribution in [0.3, 0.4) is 0 Å². The quantitative estimate of drug-likeness (QED) is 0.731. The van der Waals surface area contributed by atoms with Crippen molar-refractivity contribution in [2.45, 2.75) is 11.8 Å². The fourth-order valence-corrected chi connectivity index (χ4v) is 3.60. The highest BCUT2D eigenvalue weighted by Gasteiger charge is 2.26. The SMILES string of the molecule is C=CCOc1cccc(N(CC(N)=O)S(=O)(=O)c2ccc(C)cc2)c1. The zero-order valence-electron chi connectivity index (χ0n) is 13.9. The first-order valence-electron chi connectivity index (χ1n) is 7.56. The molecule has 0 radical (unpaired) electrons. The van der Waals surface area contributed by atoms with Gasteiger partial charge in [-0.3, -0.25) is 9.10 Å². The third kappa shape index (κ3) is 4.60. The molecule has 25 heavy (non-hydrogen) atoms. The normalized spacial score (nSPS) is 10.9. The van der Waals surface area contributed by atoms with Crippen LogP contribution in [0.25, 0.3) is 0 Å². The molecule has 0 aliphatic heterocycles. The van der Waals surface area contributed by atoms with Crippen LogP contribution in [-0.2, 0) is 14.8 Å². The van der Waals surface area contributed by atoms with Gasteiger partial charge in [-0.05, 0) is 31.2 Å². The third-order valence-electron chi connectivity index (χ3n) is 3.38. The highest BCUT2D eigenvalue weighted by atomic mass is 32.2. The first-order chi connectivity index (χ1) is 11.8. The van der Waals surface area contributed by atoms with Gasteiger partial charge in [0.05, 0.1) is 10.6 Å². The van der Waals surface area contributed by atoms with Gasteiger partial charge in [0.25, 0.3) is 10.0 Å². The molecule has 0 atom stereocenters. The van der Waals surface area contributed by atoms with Crippen LogP contribution in [0, 0.1) is 6.92 Å². The van der Waals surface area contributed by atoms with E-state index in [4.69, 9.17) is 10.5 Å². The first kappa shape index (κ1) is 18.5. The smallest absolute Gasteiger partial charge is 0.264 e. The maximum absolute atomic E-state index is 13.0. The number of nitrogens with two attached hydrogens (primary N) is 1. The Labute approximate surface area is 147 Å². The Kier molecular flexibility index (Phi) is 5.82. The van der Waals surface area contributed by atoms with Crippen LogP contribution in [-0.4, -0.2) is 27.5 Å². The van der Waals surface area contributed by atoms with Crippen molar-refractivity contribution in [2.75, 3.05) is 17.5 Å². The van der Waals surface area contributed by atoms with Crippen LogP contribution in [0.1, 0.15) is 5.56 Å². The second-order valence-corrected chi connectivity index (χ2v) is 7.25. The topological polar surface area (TPSA) is 89.7 Å². The molecule has 0 bridgehead atoms. The molecule has 0 aliphatic rings. The molecular formula is C18H20N2O4S. The minimum Gasteiger partial charge on any atom is -0.489 e. The number of sulfonamides is 1. The Morgan fingerprint density at radius 3 is 2.52 bits per heavy atom. The van der Waals surface area contributed by atoms with Crippen LogP contribution in [0.5, 0.6) is 5.75 Å². The van der Waals surface area contributed by atoms with Gasteiger partial charge in [-0.25, -0.2) is 8.42 Å². The lowest BCUT2D eigenvalue weighted by Crippen LogP contribution is -2.38. The standard InChI is InChI=1S/C18H20N2O4S/c1-3-11-24-16-6-4-5-15(12-16)20(13-18(19)21)25(22,23)17-9-7-14(2)8-10-17/h3-10,12H,1,11,13H2,2H3,(H2,19,21). The van der Waals surface area contributed by atoms with E-state index in [-0.39, 0.29) is 11.5 Å². The summed E-state index contributed by atoms with van der Waals surface area (Å²) in [4.78, 5) is 11.5. The van der Waals surface area contributed by atoms with Crippen LogP contribution >= 0.6 is 0 Å². The largest absolute Gasteiger partial charge is 0.489 e. The molecule has 0 aliphatic carbocycles. The molecule has 1 amide bonds. The van der Waals surface area contributed by atoms with Crippen molar-refractivity contribution in [3.05, 3.63) is 66.7 Å². The van der Waals surface area contributed by atoms with Gasteiger partial charge in [0.2, 0.25) is 5.91 Å². The second kappa shape index (κ2) is 7.85. The number of carbonyl (C=O) groups excluding carboxylic acids is 1. The van der Waals surface area contributed by atoms with Crippen molar-refractivity contribution in [1.29, 1.82) is 0 Å². The zero-order valence-corrected chi connectivity index (χ0v) is 14.7. The molecule has 2 aromatic carbocycles. The molecule has 0 saturated carbocycles. The molecule has 0 saturated heterocycles. The minimum atomic E-state index is -3.95. The lowest BCUT2D eigenvalue weighted by molar-refractivity contribution is -0.116. The molecular weight excluding hydrogens is 340 g/mol. The number of rotatable bonds is 8. The number of ether oxygens (including phenoxy) is 1. The summed E-state index contributed by atoms with van der Waals surface area (Å²) in [6.07, 6.45) is 1.58. The number of hydrogen-bond donors (Lipinski definition) is 1. The fraction of sp³-hybridized carbons (Fsp3) is 0.167.